The number of hydrogen-bond donors (Lipinski definition) is 0. The molecule has 164 valence electrons. The summed E-state index contributed by atoms with van der Waals surface area (Å²) in [4.78, 5) is 49.4. The lowest BCUT2D eigenvalue weighted by molar-refractivity contribution is -0.167. The van der Waals surface area contributed by atoms with Gasteiger partial charge < -0.3 is 18.9 Å². The minimum atomic E-state index is -1.11. The van der Waals surface area contributed by atoms with Crippen LogP contribution in [0.25, 0.3) is 0 Å². The topological polar surface area (TPSA) is 105 Å². The van der Waals surface area contributed by atoms with E-state index in [0.29, 0.717) is 12.0 Å². The first-order valence-corrected chi connectivity index (χ1v) is 10.8. The van der Waals surface area contributed by atoms with E-state index in [-0.39, 0.29) is 31.0 Å². The van der Waals surface area contributed by atoms with Gasteiger partial charge in [-0.1, -0.05) is 31.0 Å². The Hall–Kier alpha value is -2.74. The van der Waals surface area contributed by atoms with Crippen molar-refractivity contribution in [3.8, 4) is 0 Å². The third kappa shape index (κ3) is 3.43. The van der Waals surface area contributed by atoms with Crippen LogP contribution < -0.4 is 0 Å². The van der Waals surface area contributed by atoms with Crippen LogP contribution in [0.1, 0.15) is 42.5 Å². The van der Waals surface area contributed by atoms with Gasteiger partial charge in [-0.25, -0.2) is 4.79 Å². The Morgan fingerprint density at radius 3 is 2.52 bits per heavy atom. The lowest BCUT2D eigenvalue weighted by Crippen LogP contribution is -2.47. The van der Waals surface area contributed by atoms with Crippen molar-refractivity contribution in [2.75, 3.05) is 13.2 Å². The van der Waals surface area contributed by atoms with E-state index >= 15 is 0 Å². The number of cyclic esters (lactones) is 2. The first-order valence-electron chi connectivity index (χ1n) is 10.8. The summed E-state index contributed by atoms with van der Waals surface area (Å²) < 4.78 is 22.1. The predicted octanol–water partition coefficient (Wildman–Crippen LogP) is 2.05. The molecule has 1 aromatic rings. The van der Waals surface area contributed by atoms with Crippen molar-refractivity contribution >= 4 is 23.9 Å². The summed E-state index contributed by atoms with van der Waals surface area (Å²) >= 11 is 0. The second kappa shape index (κ2) is 7.75. The zero-order chi connectivity index (χ0) is 21.6. The van der Waals surface area contributed by atoms with E-state index in [1.807, 2.05) is 0 Å². The average molecular weight is 428 g/mol. The van der Waals surface area contributed by atoms with Gasteiger partial charge in [0.25, 0.3) is 0 Å². The van der Waals surface area contributed by atoms with Crippen LogP contribution in [0.3, 0.4) is 0 Å². The molecule has 8 heteroatoms. The van der Waals surface area contributed by atoms with E-state index < -0.39 is 41.4 Å². The Kier molecular flexibility index (Phi) is 5.04. The van der Waals surface area contributed by atoms with Gasteiger partial charge in [-0.2, -0.15) is 0 Å². The molecule has 3 aliphatic heterocycles. The Labute approximate surface area is 179 Å². The highest BCUT2D eigenvalue weighted by atomic mass is 16.6. The van der Waals surface area contributed by atoms with E-state index in [2.05, 4.69) is 0 Å². The molecule has 1 saturated carbocycles. The van der Waals surface area contributed by atoms with Crippen LogP contribution in [0, 0.1) is 23.7 Å². The number of esters is 4. The molecule has 3 heterocycles. The monoisotopic (exact) mass is 428 g/mol. The molecule has 1 aromatic carbocycles. The fourth-order valence-corrected chi connectivity index (χ4v) is 5.57. The van der Waals surface area contributed by atoms with Crippen molar-refractivity contribution in [2.45, 2.75) is 43.8 Å². The molecular formula is C23H24O8. The lowest BCUT2D eigenvalue weighted by Gasteiger charge is -2.31. The molecule has 31 heavy (non-hydrogen) atoms. The molecule has 0 amide bonds. The normalized spacial score (nSPS) is 33.9. The minimum absolute atomic E-state index is 0.0431. The van der Waals surface area contributed by atoms with Crippen molar-refractivity contribution in [1.29, 1.82) is 0 Å². The zero-order valence-electron chi connectivity index (χ0n) is 17.0. The number of hydrogen-bond acceptors (Lipinski definition) is 8. The molecule has 5 atom stereocenters. The molecule has 0 radical (unpaired) electrons. The Bertz CT molecular complexity index is 905. The Morgan fingerprint density at radius 1 is 1.03 bits per heavy atom. The van der Waals surface area contributed by atoms with Gasteiger partial charge in [-0.15, -0.1) is 0 Å². The molecule has 2 bridgehead atoms. The second-order valence-electron chi connectivity index (χ2n) is 8.91. The number of benzene rings is 1. The van der Waals surface area contributed by atoms with E-state index in [1.165, 1.54) is 0 Å². The summed E-state index contributed by atoms with van der Waals surface area (Å²) in [5, 5.41) is 0. The van der Waals surface area contributed by atoms with Gasteiger partial charge >= 0.3 is 23.9 Å². The molecular weight excluding hydrogens is 404 g/mol. The van der Waals surface area contributed by atoms with Crippen molar-refractivity contribution < 1.29 is 38.1 Å². The van der Waals surface area contributed by atoms with Crippen LogP contribution in [-0.2, 0) is 33.3 Å². The summed E-state index contributed by atoms with van der Waals surface area (Å²) in [6, 6.07) is 8.62. The van der Waals surface area contributed by atoms with E-state index in [0.717, 1.165) is 25.7 Å². The first kappa shape index (κ1) is 20.2. The van der Waals surface area contributed by atoms with Crippen LogP contribution in [0.5, 0.6) is 0 Å². The van der Waals surface area contributed by atoms with Crippen LogP contribution >= 0.6 is 0 Å². The fourth-order valence-electron chi connectivity index (χ4n) is 5.57. The summed E-state index contributed by atoms with van der Waals surface area (Å²) in [6.45, 7) is -0.0626. The predicted molar refractivity (Wildman–Crippen MR) is 103 cm³/mol. The molecule has 0 spiro atoms. The summed E-state index contributed by atoms with van der Waals surface area (Å²) in [5.41, 5.74) is -0.684. The van der Waals surface area contributed by atoms with Crippen LogP contribution in [0.15, 0.2) is 30.3 Å². The quantitative estimate of drug-likeness (QED) is 0.385. The molecule has 4 aliphatic rings. The minimum Gasteiger partial charge on any atom is -0.462 e. The zero-order valence-corrected chi connectivity index (χ0v) is 17.0. The smallest absolute Gasteiger partial charge is 0.338 e. The van der Waals surface area contributed by atoms with E-state index in [1.54, 1.807) is 30.3 Å². The lowest BCUT2D eigenvalue weighted by atomic mass is 9.69. The fraction of sp³-hybridized carbons (Fsp3) is 0.565. The van der Waals surface area contributed by atoms with Crippen molar-refractivity contribution in [3.05, 3.63) is 35.9 Å². The molecule has 0 N–H and O–H groups in total. The number of carbonyl (C=O) groups is 4. The molecule has 8 nitrogen and oxygen atoms in total. The van der Waals surface area contributed by atoms with Crippen LogP contribution in [0.2, 0.25) is 0 Å². The largest absolute Gasteiger partial charge is 0.462 e. The van der Waals surface area contributed by atoms with E-state index in [9.17, 15) is 19.2 Å². The summed E-state index contributed by atoms with van der Waals surface area (Å²) in [7, 11) is 0. The van der Waals surface area contributed by atoms with Crippen molar-refractivity contribution in [1.82, 2.24) is 0 Å². The van der Waals surface area contributed by atoms with Gasteiger partial charge in [0, 0.05) is 5.92 Å². The van der Waals surface area contributed by atoms with Crippen LogP contribution in [0.4, 0.5) is 0 Å². The highest BCUT2D eigenvalue weighted by molar-refractivity contribution is 5.98. The maximum Gasteiger partial charge on any atom is 0.338 e. The standard InChI is InChI=1S/C23H24O8/c24-19(13-6-2-1-3-7-13)28-11-15-10-23(12-29-20(25)14-8-4-5-9-14)17-16(18(15)31-23)21(26)30-22(17)27/h1-3,6-7,14-18H,4-5,8-12H2/t15-,16?,17?,18+,23-/m0/s1. The number of fused-ring (bicyclic) bond motifs is 5. The van der Waals surface area contributed by atoms with Crippen LogP contribution in [-0.4, -0.2) is 48.8 Å². The van der Waals surface area contributed by atoms with Gasteiger partial charge in [-0.3, -0.25) is 14.4 Å². The Balaban J connectivity index is 1.29. The summed E-state index contributed by atoms with van der Waals surface area (Å²) in [5.74, 6) is -3.96. The molecule has 2 unspecified atom stereocenters. The number of ether oxygens (including phenoxy) is 4. The maximum atomic E-state index is 12.4. The molecule has 0 aromatic heterocycles. The van der Waals surface area contributed by atoms with Gasteiger partial charge in [0.1, 0.15) is 24.0 Å². The number of carbonyl (C=O) groups excluding carboxylic acids is 4. The van der Waals surface area contributed by atoms with Gasteiger partial charge in [0.05, 0.1) is 24.2 Å². The molecule has 1 aliphatic carbocycles. The SMILES string of the molecule is O=C(OC[C@@H]1C[C@@]2(COC(=O)C3CCCC3)O[C@H]1C1C(=O)OC(=O)C12)c1ccccc1. The third-order valence-corrected chi connectivity index (χ3v) is 7.04. The third-order valence-electron chi connectivity index (χ3n) is 7.04. The van der Waals surface area contributed by atoms with Crippen molar-refractivity contribution in [2.24, 2.45) is 23.7 Å². The maximum absolute atomic E-state index is 12.4. The van der Waals surface area contributed by atoms with Gasteiger partial charge in [0.15, 0.2) is 0 Å². The molecule has 3 saturated heterocycles. The highest BCUT2D eigenvalue weighted by Gasteiger charge is 2.72. The van der Waals surface area contributed by atoms with Crippen molar-refractivity contribution in [3.63, 3.8) is 0 Å². The average Bonchev–Trinajstić information content (AvgIpc) is 3.54. The Morgan fingerprint density at radius 2 is 1.77 bits per heavy atom. The van der Waals surface area contributed by atoms with Gasteiger partial charge in [-0.05, 0) is 31.4 Å². The number of rotatable bonds is 6. The molecule has 4 fully saturated rings. The first-order chi connectivity index (χ1) is 15.0. The molecule has 5 rings (SSSR count). The van der Waals surface area contributed by atoms with E-state index in [4.69, 9.17) is 18.9 Å². The summed E-state index contributed by atoms with van der Waals surface area (Å²) in [6.07, 6.45) is 3.35. The van der Waals surface area contributed by atoms with Gasteiger partial charge in [0.2, 0.25) is 0 Å². The highest BCUT2D eigenvalue weighted by Crippen LogP contribution is 2.57. The second-order valence-corrected chi connectivity index (χ2v) is 8.91.